The van der Waals surface area contributed by atoms with Crippen molar-refractivity contribution in [3.8, 4) is 10.4 Å². The average Bonchev–Trinajstić information content (AvgIpc) is 2.93. The maximum atomic E-state index is 4.50. The quantitative estimate of drug-likeness (QED) is 0.770. The molecule has 4 heteroatoms. The van der Waals surface area contributed by atoms with Crippen LogP contribution in [-0.2, 0) is 0 Å². The van der Waals surface area contributed by atoms with Gasteiger partial charge in [0.2, 0.25) is 0 Å². The summed E-state index contributed by atoms with van der Waals surface area (Å²) in [4.78, 5) is 10.1. The first-order chi connectivity index (χ1) is 9.74. The van der Waals surface area contributed by atoms with Gasteiger partial charge in [0, 0.05) is 29.9 Å². The molecule has 0 aliphatic rings. The highest BCUT2D eigenvalue weighted by molar-refractivity contribution is 7.19. The zero-order valence-electron chi connectivity index (χ0n) is 11.6. The maximum absolute atomic E-state index is 4.50. The molecule has 0 saturated carbocycles. The third kappa shape index (κ3) is 2.65. The summed E-state index contributed by atoms with van der Waals surface area (Å²) in [6.45, 7) is 5.33. The van der Waals surface area contributed by atoms with Gasteiger partial charge < -0.3 is 5.32 Å². The highest BCUT2D eigenvalue weighted by Gasteiger charge is 2.08. The van der Waals surface area contributed by atoms with Gasteiger partial charge in [0.05, 0.1) is 10.4 Å². The van der Waals surface area contributed by atoms with Crippen LogP contribution in [0.25, 0.3) is 21.3 Å². The first kappa shape index (κ1) is 13.1. The maximum Gasteiger partial charge on any atom is 0.183 e. The zero-order chi connectivity index (χ0) is 13.9. The fourth-order valence-electron chi connectivity index (χ4n) is 2.07. The molecule has 0 aliphatic heterocycles. The topological polar surface area (TPSA) is 37.8 Å². The minimum atomic E-state index is 0.613. The van der Waals surface area contributed by atoms with Gasteiger partial charge in [-0.05, 0) is 12.0 Å². The summed E-state index contributed by atoms with van der Waals surface area (Å²) in [6, 6.07) is 10.3. The van der Waals surface area contributed by atoms with Gasteiger partial charge in [-0.15, -0.1) is 0 Å². The summed E-state index contributed by atoms with van der Waals surface area (Å²) >= 11 is 1.68. The Morgan fingerprint density at radius 2 is 2.00 bits per heavy atom. The molecule has 0 amide bonds. The molecule has 0 unspecified atom stereocenters. The SMILES string of the molecule is CC(C)CNc1ncc(-c2cccc3cccnc23)s1. The Labute approximate surface area is 122 Å². The number of hydrogen-bond donors (Lipinski definition) is 1. The number of rotatable bonds is 4. The minimum absolute atomic E-state index is 0.613. The Hall–Kier alpha value is -1.94. The molecule has 3 rings (SSSR count). The lowest BCUT2D eigenvalue weighted by Crippen LogP contribution is -2.07. The number of thiazole rings is 1. The molecule has 0 saturated heterocycles. The molecular weight excluding hydrogens is 266 g/mol. The van der Waals surface area contributed by atoms with E-state index in [1.165, 1.54) is 0 Å². The van der Waals surface area contributed by atoms with Crippen LogP contribution in [0.2, 0.25) is 0 Å². The molecule has 1 aromatic carbocycles. The number of fused-ring (bicyclic) bond motifs is 1. The van der Waals surface area contributed by atoms with Crippen LogP contribution in [-0.4, -0.2) is 16.5 Å². The fourth-order valence-corrected chi connectivity index (χ4v) is 2.92. The van der Waals surface area contributed by atoms with E-state index in [1.54, 1.807) is 11.3 Å². The fraction of sp³-hybridized carbons (Fsp3) is 0.250. The third-order valence-corrected chi connectivity index (χ3v) is 4.05. The summed E-state index contributed by atoms with van der Waals surface area (Å²) in [6.07, 6.45) is 3.77. The second-order valence-corrected chi connectivity index (χ2v) is 6.22. The standard InChI is InChI=1S/C16H17N3S/c1-11(2)9-18-16-19-10-14(20-16)13-7-3-5-12-6-4-8-17-15(12)13/h3-8,10-11H,9H2,1-2H3,(H,18,19). The van der Waals surface area contributed by atoms with Crippen LogP contribution in [0.4, 0.5) is 5.13 Å². The molecule has 2 aromatic heterocycles. The van der Waals surface area contributed by atoms with Gasteiger partial charge in [-0.25, -0.2) is 4.98 Å². The number of benzene rings is 1. The van der Waals surface area contributed by atoms with Crippen molar-refractivity contribution in [3.05, 3.63) is 42.7 Å². The van der Waals surface area contributed by atoms with Crippen LogP contribution in [0, 0.1) is 5.92 Å². The first-order valence-electron chi connectivity index (χ1n) is 6.78. The van der Waals surface area contributed by atoms with Crippen molar-refractivity contribution in [2.45, 2.75) is 13.8 Å². The Balaban J connectivity index is 1.95. The van der Waals surface area contributed by atoms with Gasteiger partial charge in [-0.2, -0.15) is 0 Å². The van der Waals surface area contributed by atoms with E-state index in [-0.39, 0.29) is 0 Å². The van der Waals surface area contributed by atoms with Crippen LogP contribution < -0.4 is 5.32 Å². The second-order valence-electron chi connectivity index (χ2n) is 5.19. The van der Waals surface area contributed by atoms with E-state index in [0.29, 0.717) is 5.92 Å². The summed E-state index contributed by atoms with van der Waals surface area (Å²) in [7, 11) is 0. The number of nitrogens with zero attached hydrogens (tertiary/aromatic N) is 2. The van der Waals surface area contributed by atoms with E-state index < -0.39 is 0 Å². The lowest BCUT2D eigenvalue weighted by molar-refractivity contribution is 0.688. The summed E-state index contributed by atoms with van der Waals surface area (Å²) in [5.41, 5.74) is 2.19. The number of aromatic nitrogens is 2. The van der Waals surface area contributed by atoms with Gasteiger partial charge in [0.1, 0.15) is 0 Å². The molecule has 0 spiro atoms. The second kappa shape index (κ2) is 5.59. The van der Waals surface area contributed by atoms with Crippen molar-refractivity contribution in [2.75, 3.05) is 11.9 Å². The van der Waals surface area contributed by atoms with Crippen LogP contribution in [0.5, 0.6) is 0 Å². The molecule has 20 heavy (non-hydrogen) atoms. The summed E-state index contributed by atoms with van der Waals surface area (Å²) in [5.74, 6) is 0.613. The molecule has 0 radical (unpaired) electrons. The monoisotopic (exact) mass is 283 g/mol. The van der Waals surface area contributed by atoms with Crippen molar-refractivity contribution in [3.63, 3.8) is 0 Å². The Bertz CT molecular complexity index is 713. The van der Waals surface area contributed by atoms with Crippen molar-refractivity contribution in [2.24, 2.45) is 5.92 Å². The van der Waals surface area contributed by atoms with E-state index in [1.807, 2.05) is 18.5 Å². The highest BCUT2D eigenvalue weighted by Crippen LogP contribution is 2.33. The predicted octanol–water partition coefficient (Wildman–Crippen LogP) is 4.43. The van der Waals surface area contributed by atoms with E-state index in [0.717, 1.165) is 33.0 Å². The van der Waals surface area contributed by atoms with Gasteiger partial charge in [-0.1, -0.05) is 49.4 Å². The molecule has 0 atom stereocenters. The lowest BCUT2D eigenvalue weighted by Gasteiger charge is -2.04. The summed E-state index contributed by atoms with van der Waals surface area (Å²) < 4.78 is 0. The van der Waals surface area contributed by atoms with Gasteiger partial charge >= 0.3 is 0 Å². The van der Waals surface area contributed by atoms with E-state index in [9.17, 15) is 0 Å². The molecule has 3 aromatic rings. The van der Waals surface area contributed by atoms with Gasteiger partial charge in [0.25, 0.3) is 0 Å². The number of nitrogens with one attached hydrogen (secondary N) is 1. The lowest BCUT2D eigenvalue weighted by atomic mass is 10.1. The smallest absolute Gasteiger partial charge is 0.183 e. The van der Waals surface area contributed by atoms with E-state index >= 15 is 0 Å². The van der Waals surface area contributed by atoms with Gasteiger partial charge in [-0.3, -0.25) is 4.98 Å². The highest BCUT2D eigenvalue weighted by atomic mass is 32.1. The number of anilines is 1. The number of para-hydroxylation sites is 1. The largest absolute Gasteiger partial charge is 0.361 e. The van der Waals surface area contributed by atoms with Crippen LogP contribution >= 0.6 is 11.3 Å². The van der Waals surface area contributed by atoms with Crippen molar-refractivity contribution >= 4 is 27.4 Å². The third-order valence-electron chi connectivity index (χ3n) is 3.07. The molecule has 102 valence electrons. The molecule has 0 aliphatic carbocycles. The molecular formula is C16H17N3S. The van der Waals surface area contributed by atoms with Crippen molar-refractivity contribution in [1.82, 2.24) is 9.97 Å². The minimum Gasteiger partial charge on any atom is -0.361 e. The van der Waals surface area contributed by atoms with E-state index in [2.05, 4.69) is 53.4 Å². The normalized spacial score (nSPS) is 11.2. The average molecular weight is 283 g/mol. The molecule has 1 N–H and O–H groups in total. The van der Waals surface area contributed by atoms with Crippen LogP contribution in [0.3, 0.4) is 0 Å². The van der Waals surface area contributed by atoms with Crippen molar-refractivity contribution < 1.29 is 0 Å². The molecule has 3 nitrogen and oxygen atoms in total. The molecule has 0 fully saturated rings. The van der Waals surface area contributed by atoms with E-state index in [4.69, 9.17) is 0 Å². The predicted molar refractivity (Wildman–Crippen MR) is 86.2 cm³/mol. The Morgan fingerprint density at radius 1 is 1.15 bits per heavy atom. The summed E-state index contributed by atoms with van der Waals surface area (Å²) in [5, 5.41) is 5.51. The molecule has 2 heterocycles. The first-order valence-corrected chi connectivity index (χ1v) is 7.59. The van der Waals surface area contributed by atoms with Crippen molar-refractivity contribution in [1.29, 1.82) is 0 Å². The number of hydrogen-bond acceptors (Lipinski definition) is 4. The zero-order valence-corrected chi connectivity index (χ0v) is 12.4. The van der Waals surface area contributed by atoms with Crippen LogP contribution in [0.15, 0.2) is 42.7 Å². The Morgan fingerprint density at radius 3 is 2.85 bits per heavy atom. The van der Waals surface area contributed by atoms with Crippen LogP contribution in [0.1, 0.15) is 13.8 Å². The Kier molecular flexibility index (Phi) is 3.65. The number of pyridine rings is 1. The van der Waals surface area contributed by atoms with Gasteiger partial charge in [0.15, 0.2) is 5.13 Å². The molecule has 0 bridgehead atoms.